The monoisotopic (exact) mass is 362 g/mol. The number of aromatic amines is 1. The molecule has 0 spiro atoms. The van der Waals surface area contributed by atoms with E-state index in [1.54, 1.807) is 0 Å². The number of nitrogens with one attached hydrogen (secondary N) is 2. The van der Waals surface area contributed by atoms with Gasteiger partial charge in [0, 0.05) is 28.2 Å². The summed E-state index contributed by atoms with van der Waals surface area (Å²) in [5, 5.41) is 0.978. The molecule has 0 bridgehead atoms. The maximum Gasteiger partial charge on any atom is 0.254 e. The third-order valence-corrected chi connectivity index (χ3v) is 5.57. The summed E-state index contributed by atoms with van der Waals surface area (Å²) in [7, 11) is 0. The first-order valence-electron chi connectivity index (χ1n) is 9.44. The van der Waals surface area contributed by atoms with Gasteiger partial charge in [-0.15, -0.1) is 0 Å². The van der Waals surface area contributed by atoms with Crippen molar-refractivity contribution >= 4 is 22.6 Å². The number of nitrogens with zero attached hydrogens (tertiary/aromatic N) is 1. The van der Waals surface area contributed by atoms with E-state index in [1.165, 1.54) is 4.90 Å². The predicted octanol–water partition coefficient (Wildman–Crippen LogP) is 1.78. The highest BCUT2D eigenvalue weighted by molar-refractivity contribution is 6.09. The number of hydrogen-bond donors (Lipinski definition) is 2. The maximum absolute atomic E-state index is 13.0. The molecule has 2 heterocycles. The van der Waals surface area contributed by atoms with Gasteiger partial charge in [0.1, 0.15) is 6.04 Å². The van der Waals surface area contributed by atoms with Crippen LogP contribution in [0.15, 0.2) is 60.8 Å². The molecular weight excluding hydrogens is 338 g/mol. The number of rotatable bonds is 4. The molecule has 5 nitrogen and oxygen atoms in total. The minimum absolute atomic E-state index is 0.0743. The van der Waals surface area contributed by atoms with Crippen LogP contribution in [0, 0.1) is 0 Å². The second-order valence-corrected chi connectivity index (χ2v) is 7.15. The molecule has 0 radical (unpaired) electrons. The van der Waals surface area contributed by atoms with E-state index in [9.17, 15) is 9.59 Å². The molecule has 5 heteroatoms. The minimum Gasteiger partial charge on any atom is -0.360 e. The van der Waals surface area contributed by atoms with Crippen LogP contribution in [-0.2, 0) is 0 Å². The van der Waals surface area contributed by atoms with E-state index in [0.29, 0.717) is 13.1 Å². The smallest absolute Gasteiger partial charge is 0.254 e. The van der Waals surface area contributed by atoms with Crippen LogP contribution >= 0.6 is 0 Å². The Morgan fingerprint density at radius 3 is 2.41 bits per heavy atom. The van der Waals surface area contributed by atoms with E-state index in [1.807, 2.05) is 72.6 Å². The quantitative estimate of drug-likeness (QED) is 0.695. The Balaban J connectivity index is 1.42. The molecule has 1 aliphatic rings. The second-order valence-electron chi connectivity index (χ2n) is 7.15. The van der Waals surface area contributed by atoms with E-state index < -0.39 is 0 Å². The zero-order valence-corrected chi connectivity index (χ0v) is 15.4. The molecule has 1 atom stereocenters. The van der Waals surface area contributed by atoms with Gasteiger partial charge in [0.2, 0.25) is 5.78 Å². The zero-order valence-electron chi connectivity index (χ0n) is 15.4. The van der Waals surface area contributed by atoms with Crippen LogP contribution in [0.4, 0.5) is 0 Å². The van der Waals surface area contributed by atoms with Crippen molar-refractivity contribution in [2.75, 3.05) is 26.2 Å². The highest BCUT2D eigenvalue weighted by Crippen LogP contribution is 2.18. The van der Waals surface area contributed by atoms with Gasteiger partial charge >= 0.3 is 0 Å². The number of benzene rings is 2. The molecule has 27 heavy (non-hydrogen) atoms. The fraction of sp³-hybridized carbons (Fsp3) is 0.273. The van der Waals surface area contributed by atoms with Crippen molar-refractivity contribution in [1.29, 1.82) is 0 Å². The number of H-pyrrole nitrogens is 1. The summed E-state index contributed by atoms with van der Waals surface area (Å²) in [5.74, 6) is 0.232. The highest BCUT2D eigenvalue weighted by Gasteiger charge is 2.32. The van der Waals surface area contributed by atoms with Gasteiger partial charge in [-0.25, -0.2) is 0 Å². The van der Waals surface area contributed by atoms with Crippen LogP contribution in [0.3, 0.4) is 0 Å². The molecule has 2 N–H and O–H groups in total. The number of para-hydroxylation sites is 1. The fourth-order valence-electron chi connectivity index (χ4n) is 3.89. The Morgan fingerprint density at radius 2 is 1.67 bits per heavy atom. The van der Waals surface area contributed by atoms with Crippen molar-refractivity contribution in [1.82, 2.24) is 9.88 Å². The Hall–Kier alpha value is -2.92. The number of aromatic nitrogens is 1. The minimum atomic E-state index is -0.127. The number of Topliss-reactive ketones (excluding diaryl/α,β-unsaturated/α-hetero) is 1. The predicted molar refractivity (Wildman–Crippen MR) is 105 cm³/mol. The lowest BCUT2D eigenvalue weighted by atomic mass is 10.0. The first-order valence-corrected chi connectivity index (χ1v) is 9.44. The van der Waals surface area contributed by atoms with E-state index in [-0.39, 0.29) is 17.7 Å². The molecule has 1 saturated heterocycles. The molecule has 138 valence electrons. The lowest BCUT2D eigenvalue weighted by Gasteiger charge is -2.34. The number of fused-ring (bicyclic) bond motifs is 1. The number of piperazine rings is 1. The standard InChI is InChI=1S/C22H23N3O2/c1-16(21(26)19-15-23-20-10-6-5-9-18(19)20)24-11-13-25(14-12-24)22(27)17-7-3-2-4-8-17/h2-10,15-16,23H,11-14H2,1H3/p+1/t16-/m0/s1. The van der Waals surface area contributed by atoms with Crippen molar-refractivity contribution in [3.8, 4) is 0 Å². The average molecular weight is 362 g/mol. The zero-order chi connectivity index (χ0) is 18.8. The molecule has 1 amide bonds. The van der Waals surface area contributed by atoms with E-state index in [0.717, 1.165) is 35.1 Å². The normalized spacial score (nSPS) is 16.4. The molecule has 1 fully saturated rings. The summed E-state index contributed by atoms with van der Waals surface area (Å²) in [6.07, 6.45) is 1.82. The lowest BCUT2D eigenvalue weighted by molar-refractivity contribution is -0.917. The Morgan fingerprint density at radius 1 is 1.00 bits per heavy atom. The summed E-state index contributed by atoms with van der Waals surface area (Å²) in [6.45, 7) is 4.92. The molecular formula is C22H24N3O2+. The van der Waals surface area contributed by atoms with Gasteiger partial charge in [0.15, 0.2) is 0 Å². The van der Waals surface area contributed by atoms with Crippen molar-refractivity contribution in [2.24, 2.45) is 0 Å². The van der Waals surface area contributed by atoms with E-state index in [2.05, 4.69) is 4.98 Å². The van der Waals surface area contributed by atoms with Crippen molar-refractivity contribution in [2.45, 2.75) is 13.0 Å². The van der Waals surface area contributed by atoms with Crippen LogP contribution in [0.25, 0.3) is 10.9 Å². The number of amides is 1. The largest absolute Gasteiger partial charge is 0.360 e. The van der Waals surface area contributed by atoms with Gasteiger partial charge in [-0.05, 0) is 25.1 Å². The summed E-state index contributed by atoms with van der Waals surface area (Å²) >= 11 is 0. The van der Waals surface area contributed by atoms with Gasteiger partial charge < -0.3 is 14.8 Å². The number of hydrogen-bond acceptors (Lipinski definition) is 2. The third kappa shape index (κ3) is 3.38. The molecule has 0 saturated carbocycles. The van der Waals surface area contributed by atoms with Crippen LogP contribution in [0.2, 0.25) is 0 Å². The van der Waals surface area contributed by atoms with Gasteiger partial charge in [-0.3, -0.25) is 9.59 Å². The Labute approximate surface area is 158 Å². The fourth-order valence-corrected chi connectivity index (χ4v) is 3.89. The average Bonchev–Trinajstić information content (AvgIpc) is 3.17. The molecule has 0 unspecified atom stereocenters. The van der Waals surface area contributed by atoms with Crippen molar-refractivity contribution in [3.05, 3.63) is 71.9 Å². The van der Waals surface area contributed by atoms with Crippen molar-refractivity contribution < 1.29 is 14.5 Å². The molecule has 0 aliphatic carbocycles. The Bertz CT molecular complexity index is 956. The Kier molecular flexibility index (Phi) is 4.77. The van der Waals surface area contributed by atoms with E-state index >= 15 is 0 Å². The summed E-state index contributed by atoms with van der Waals surface area (Å²) in [5.41, 5.74) is 2.47. The summed E-state index contributed by atoms with van der Waals surface area (Å²) in [6, 6.07) is 17.1. The highest BCUT2D eigenvalue weighted by atomic mass is 16.2. The molecule has 4 rings (SSSR count). The topological polar surface area (TPSA) is 57.6 Å². The number of ketones is 1. The van der Waals surface area contributed by atoms with Crippen LogP contribution < -0.4 is 4.90 Å². The molecule has 1 aliphatic heterocycles. The van der Waals surface area contributed by atoms with Gasteiger partial charge in [-0.2, -0.15) is 0 Å². The third-order valence-electron chi connectivity index (χ3n) is 5.57. The van der Waals surface area contributed by atoms with Crippen LogP contribution in [0.1, 0.15) is 27.6 Å². The van der Waals surface area contributed by atoms with E-state index in [4.69, 9.17) is 0 Å². The van der Waals surface area contributed by atoms with Crippen LogP contribution in [0.5, 0.6) is 0 Å². The summed E-state index contributed by atoms with van der Waals surface area (Å²) in [4.78, 5) is 31.9. The van der Waals surface area contributed by atoms with Gasteiger partial charge in [0.25, 0.3) is 5.91 Å². The number of carbonyl (C=O) groups excluding carboxylic acids is 2. The second kappa shape index (κ2) is 7.37. The summed E-state index contributed by atoms with van der Waals surface area (Å²) < 4.78 is 0. The first-order chi connectivity index (χ1) is 13.1. The molecule has 2 aromatic carbocycles. The molecule has 3 aromatic rings. The maximum atomic E-state index is 13.0. The van der Waals surface area contributed by atoms with Crippen LogP contribution in [-0.4, -0.2) is 53.8 Å². The lowest BCUT2D eigenvalue weighted by Crippen LogP contribution is -3.18. The van der Waals surface area contributed by atoms with Crippen molar-refractivity contribution in [3.63, 3.8) is 0 Å². The molecule has 1 aromatic heterocycles. The van der Waals surface area contributed by atoms with Gasteiger partial charge in [-0.1, -0.05) is 36.4 Å². The number of carbonyl (C=O) groups is 2. The number of quaternary nitrogens is 1. The first kappa shape index (κ1) is 17.5. The SMILES string of the molecule is C[C@@H](C(=O)c1c[nH]c2ccccc12)[NH+]1CCN(C(=O)c2ccccc2)CC1. The van der Waals surface area contributed by atoms with Gasteiger partial charge in [0.05, 0.1) is 26.2 Å².